The Hall–Kier alpha value is -2.19. The maximum Gasteiger partial charge on any atom is 0.334 e. The summed E-state index contributed by atoms with van der Waals surface area (Å²) in [5.41, 5.74) is 3.22. The third-order valence-corrected chi connectivity index (χ3v) is 5.20. The van der Waals surface area contributed by atoms with Gasteiger partial charge in [0.1, 0.15) is 5.69 Å². The van der Waals surface area contributed by atoms with Gasteiger partial charge in [-0.1, -0.05) is 19.9 Å². The van der Waals surface area contributed by atoms with Crippen molar-refractivity contribution in [1.29, 1.82) is 0 Å². The molecular weight excluding hydrogens is 412 g/mol. The van der Waals surface area contributed by atoms with Gasteiger partial charge >= 0.3 is 5.69 Å². The molecule has 1 aliphatic heterocycles. The molecule has 1 aliphatic rings. The molecule has 1 fully saturated rings. The number of hydrogen-bond acceptors (Lipinski definition) is 6. The van der Waals surface area contributed by atoms with Crippen molar-refractivity contribution in [2.75, 3.05) is 36.5 Å². The molecule has 1 aromatic carbocycles. The SMILES string of the molecule is Cc1cc(N2CCOCC2)c([N+](=O)[O-])c(Nc2ccc(C(C)C)cc2Br)n1. The fourth-order valence-electron chi connectivity index (χ4n) is 3.08. The first-order valence-corrected chi connectivity index (χ1v) is 9.71. The summed E-state index contributed by atoms with van der Waals surface area (Å²) in [4.78, 5) is 17.9. The number of anilines is 3. The second kappa shape index (κ2) is 8.22. The Morgan fingerprint density at radius 1 is 1.30 bits per heavy atom. The van der Waals surface area contributed by atoms with E-state index in [1.807, 2.05) is 30.0 Å². The lowest BCUT2D eigenvalue weighted by atomic mass is 10.0. The van der Waals surface area contributed by atoms with Crippen molar-refractivity contribution in [3.05, 3.63) is 50.1 Å². The van der Waals surface area contributed by atoms with Crippen LogP contribution in [-0.2, 0) is 4.74 Å². The van der Waals surface area contributed by atoms with Crippen molar-refractivity contribution in [1.82, 2.24) is 4.98 Å². The Labute approximate surface area is 167 Å². The van der Waals surface area contributed by atoms with Crippen LogP contribution < -0.4 is 10.2 Å². The summed E-state index contributed by atoms with van der Waals surface area (Å²) in [6, 6.07) is 7.73. The highest BCUT2D eigenvalue weighted by molar-refractivity contribution is 9.10. The van der Waals surface area contributed by atoms with Gasteiger partial charge in [-0.05, 0) is 52.5 Å². The summed E-state index contributed by atoms with van der Waals surface area (Å²) >= 11 is 3.56. The number of nitrogens with zero attached hydrogens (tertiary/aromatic N) is 3. The van der Waals surface area contributed by atoms with E-state index in [1.165, 1.54) is 5.56 Å². The number of morpholine rings is 1. The normalized spacial score (nSPS) is 14.5. The summed E-state index contributed by atoms with van der Waals surface area (Å²) in [7, 11) is 0. The Balaban J connectivity index is 2.02. The van der Waals surface area contributed by atoms with Gasteiger partial charge in [0.15, 0.2) is 0 Å². The first-order chi connectivity index (χ1) is 12.9. The van der Waals surface area contributed by atoms with Crippen molar-refractivity contribution < 1.29 is 9.66 Å². The fraction of sp³-hybridized carbons (Fsp3) is 0.421. The Kier molecular flexibility index (Phi) is 5.96. The standard InChI is InChI=1S/C19H23BrN4O3/c1-12(2)14-4-5-16(15(20)11-14)22-19-18(24(25)26)17(10-13(3)21-19)23-6-8-27-9-7-23/h4-5,10-12H,6-9H2,1-3H3,(H,21,22). The molecule has 1 aromatic heterocycles. The number of pyridine rings is 1. The minimum Gasteiger partial charge on any atom is -0.378 e. The maximum absolute atomic E-state index is 11.9. The van der Waals surface area contributed by atoms with E-state index >= 15 is 0 Å². The van der Waals surface area contributed by atoms with Crippen molar-refractivity contribution in [3.8, 4) is 0 Å². The van der Waals surface area contributed by atoms with E-state index in [4.69, 9.17) is 4.74 Å². The highest BCUT2D eigenvalue weighted by Gasteiger charge is 2.27. The molecule has 2 aromatic rings. The van der Waals surface area contributed by atoms with E-state index in [-0.39, 0.29) is 16.4 Å². The number of rotatable bonds is 5. The maximum atomic E-state index is 11.9. The number of aromatic nitrogens is 1. The van der Waals surface area contributed by atoms with Crippen LogP contribution in [0.5, 0.6) is 0 Å². The quantitative estimate of drug-likeness (QED) is 0.539. The molecular formula is C19H23BrN4O3. The smallest absolute Gasteiger partial charge is 0.334 e. The predicted molar refractivity (Wildman–Crippen MR) is 110 cm³/mol. The van der Waals surface area contributed by atoms with Gasteiger partial charge < -0.3 is 15.0 Å². The van der Waals surface area contributed by atoms with E-state index in [0.717, 1.165) is 15.9 Å². The van der Waals surface area contributed by atoms with Crippen LogP contribution >= 0.6 is 15.9 Å². The fourth-order valence-corrected chi connectivity index (χ4v) is 3.58. The van der Waals surface area contributed by atoms with Gasteiger partial charge in [-0.25, -0.2) is 4.98 Å². The average molecular weight is 435 g/mol. The molecule has 1 N–H and O–H groups in total. The second-order valence-corrected chi connectivity index (χ2v) is 7.71. The highest BCUT2D eigenvalue weighted by Crippen LogP contribution is 2.38. The van der Waals surface area contributed by atoms with Gasteiger partial charge in [0.05, 0.1) is 23.8 Å². The lowest BCUT2D eigenvalue weighted by Crippen LogP contribution is -2.36. The van der Waals surface area contributed by atoms with Crippen molar-refractivity contribution in [3.63, 3.8) is 0 Å². The monoisotopic (exact) mass is 434 g/mol. The van der Waals surface area contributed by atoms with E-state index in [1.54, 1.807) is 6.07 Å². The predicted octanol–water partition coefficient (Wildman–Crippen LogP) is 4.76. The van der Waals surface area contributed by atoms with Crippen molar-refractivity contribution in [2.45, 2.75) is 26.7 Å². The molecule has 0 unspecified atom stereocenters. The summed E-state index contributed by atoms with van der Waals surface area (Å²) < 4.78 is 6.22. The highest BCUT2D eigenvalue weighted by atomic mass is 79.9. The van der Waals surface area contributed by atoms with Gasteiger partial charge in [-0.15, -0.1) is 0 Å². The van der Waals surface area contributed by atoms with Gasteiger partial charge in [0.2, 0.25) is 5.82 Å². The third-order valence-electron chi connectivity index (χ3n) is 4.55. The molecule has 27 heavy (non-hydrogen) atoms. The van der Waals surface area contributed by atoms with E-state index < -0.39 is 0 Å². The van der Waals surface area contributed by atoms with Crippen LogP contribution in [0.15, 0.2) is 28.7 Å². The lowest BCUT2D eigenvalue weighted by Gasteiger charge is -2.29. The molecule has 144 valence electrons. The van der Waals surface area contributed by atoms with E-state index in [0.29, 0.717) is 37.9 Å². The van der Waals surface area contributed by atoms with Crippen LogP contribution in [0.2, 0.25) is 0 Å². The molecule has 8 heteroatoms. The molecule has 0 amide bonds. The number of benzene rings is 1. The molecule has 0 aliphatic carbocycles. The number of ether oxygens (including phenoxy) is 1. The van der Waals surface area contributed by atoms with Crippen LogP contribution in [0, 0.1) is 17.0 Å². The minimum absolute atomic E-state index is 0.0117. The van der Waals surface area contributed by atoms with Crippen molar-refractivity contribution in [2.24, 2.45) is 0 Å². The largest absolute Gasteiger partial charge is 0.378 e. The van der Waals surface area contributed by atoms with Gasteiger partial charge in [-0.2, -0.15) is 0 Å². The van der Waals surface area contributed by atoms with Crippen LogP contribution in [0.3, 0.4) is 0 Å². The van der Waals surface area contributed by atoms with Crippen molar-refractivity contribution >= 4 is 38.8 Å². The summed E-state index contributed by atoms with van der Waals surface area (Å²) in [5.74, 6) is 0.647. The molecule has 0 radical (unpaired) electrons. The number of nitro groups is 1. The zero-order valence-corrected chi connectivity index (χ0v) is 17.2. The third kappa shape index (κ3) is 4.39. The van der Waals surface area contributed by atoms with Crippen LogP contribution in [-0.4, -0.2) is 36.2 Å². The average Bonchev–Trinajstić information content (AvgIpc) is 2.63. The molecule has 1 saturated heterocycles. The van der Waals surface area contributed by atoms with Gasteiger partial charge in [-0.3, -0.25) is 10.1 Å². The molecule has 0 saturated carbocycles. The Bertz CT molecular complexity index is 851. The van der Waals surface area contributed by atoms with Crippen LogP contribution in [0.25, 0.3) is 0 Å². The van der Waals surface area contributed by atoms with Gasteiger partial charge in [0, 0.05) is 23.3 Å². The van der Waals surface area contributed by atoms with Crippen LogP contribution in [0.4, 0.5) is 22.9 Å². The summed E-state index contributed by atoms with van der Waals surface area (Å²) in [6.45, 7) is 8.45. The van der Waals surface area contributed by atoms with Crippen LogP contribution in [0.1, 0.15) is 31.0 Å². The topological polar surface area (TPSA) is 80.5 Å². The molecule has 2 heterocycles. The molecule has 0 atom stereocenters. The number of hydrogen-bond donors (Lipinski definition) is 1. The van der Waals surface area contributed by atoms with E-state index in [9.17, 15) is 10.1 Å². The first-order valence-electron chi connectivity index (χ1n) is 8.92. The van der Waals surface area contributed by atoms with Gasteiger partial charge in [0.25, 0.3) is 0 Å². The van der Waals surface area contributed by atoms with E-state index in [2.05, 4.69) is 40.1 Å². The Morgan fingerprint density at radius 3 is 2.59 bits per heavy atom. The summed E-state index contributed by atoms with van der Waals surface area (Å²) in [6.07, 6.45) is 0. The zero-order chi connectivity index (χ0) is 19.6. The summed E-state index contributed by atoms with van der Waals surface area (Å²) in [5, 5.41) is 15.0. The first kappa shape index (κ1) is 19.6. The molecule has 0 bridgehead atoms. The number of aryl methyl sites for hydroxylation is 1. The number of nitrogens with one attached hydrogen (secondary N) is 1. The molecule has 3 rings (SSSR count). The minimum atomic E-state index is -0.365. The number of halogens is 1. The molecule has 0 spiro atoms. The molecule has 7 nitrogen and oxygen atoms in total. The second-order valence-electron chi connectivity index (χ2n) is 6.86. The Morgan fingerprint density at radius 2 is 2.00 bits per heavy atom. The zero-order valence-electron chi connectivity index (χ0n) is 15.7. The lowest BCUT2D eigenvalue weighted by molar-refractivity contribution is -0.383.